The monoisotopic (exact) mass is 441 g/mol. The highest BCUT2D eigenvalue weighted by Gasteiger charge is 2.38. The first-order valence-corrected chi connectivity index (χ1v) is 10.9. The summed E-state index contributed by atoms with van der Waals surface area (Å²) in [5.41, 5.74) is -0.666. The van der Waals surface area contributed by atoms with Crippen LogP contribution in [0.2, 0.25) is 0 Å². The molecule has 3 unspecified atom stereocenters. The normalized spacial score (nSPS) is 18.5. The van der Waals surface area contributed by atoms with E-state index in [9.17, 15) is 19.2 Å². The summed E-state index contributed by atoms with van der Waals surface area (Å²) in [6.45, 7) is 13.2. The molecule has 0 radical (unpaired) electrons. The molecular formula is C22H39N3O6. The summed E-state index contributed by atoms with van der Waals surface area (Å²) in [5.74, 6) is -1.44. The molecule has 0 bridgehead atoms. The van der Waals surface area contributed by atoms with Crippen LogP contribution in [0.3, 0.4) is 0 Å². The molecule has 9 nitrogen and oxygen atoms in total. The number of nitrogens with zero attached hydrogens (tertiary/aromatic N) is 1. The first-order chi connectivity index (χ1) is 14.3. The number of amides is 3. The number of methoxy groups -OCH3 is 1. The molecule has 3 amide bonds. The van der Waals surface area contributed by atoms with Crippen molar-refractivity contribution in [2.75, 3.05) is 13.7 Å². The first-order valence-electron chi connectivity index (χ1n) is 10.9. The van der Waals surface area contributed by atoms with Crippen molar-refractivity contribution in [1.82, 2.24) is 15.5 Å². The van der Waals surface area contributed by atoms with Gasteiger partial charge in [-0.1, -0.05) is 27.7 Å². The van der Waals surface area contributed by atoms with Crippen LogP contribution in [0.4, 0.5) is 4.79 Å². The molecule has 3 atom stereocenters. The molecule has 1 heterocycles. The van der Waals surface area contributed by atoms with Crippen LogP contribution >= 0.6 is 0 Å². The van der Waals surface area contributed by atoms with Gasteiger partial charge in [-0.3, -0.25) is 14.5 Å². The van der Waals surface area contributed by atoms with Gasteiger partial charge < -0.3 is 20.1 Å². The van der Waals surface area contributed by atoms with E-state index in [1.807, 2.05) is 13.8 Å². The van der Waals surface area contributed by atoms with E-state index in [-0.39, 0.29) is 11.8 Å². The van der Waals surface area contributed by atoms with Crippen molar-refractivity contribution in [1.29, 1.82) is 0 Å². The summed E-state index contributed by atoms with van der Waals surface area (Å²) in [7, 11) is 1.27. The largest absolute Gasteiger partial charge is 0.467 e. The Balaban J connectivity index is 2.92. The quantitative estimate of drug-likeness (QED) is 0.559. The maximum atomic E-state index is 13.0. The Hall–Kier alpha value is -2.32. The Labute approximate surface area is 185 Å². The van der Waals surface area contributed by atoms with Gasteiger partial charge in [-0.2, -0.15) is 0 Å². The van der Waals surface area contributed by atoms with Gasteiger partial charge in [0.1, 0.15) is 23.7 Å². The Morgan fingerprint density at radius 1 is 1.06 bits per heavy atom. The molecule has 1 fully saturated rings. The number of carbonyl (C=O) groups is 4. The van der Waals surface area contributed by atoms with Gasteiger partial charge >= 0.3 is 12.1 Å². The molecule has 0 aliphatic carbocycles. The Morgan fingerprint density at radius 2 is 1.68 bits per heavy atom. The summed E-state index contributed by atoms with van der Waals surface area (Å²) in [6.07, 6.45) is 1.03. The van der Waals surface area contributed by atoms with E-state index in [0.29, 0.717) is 25.8 Å². The summed E-state index contributed by atoms with van der Waals surface area (Å²) >= 11 is 0. The number of hydrogen-bond acceptors (Lipinski definition) is 6. The molecule has 9 heteroatoms. The van der Waals surface area contributed by atoms with E-state index in [1.54, 1.807) is 34.6 Å². The van der Waals surface area contributed by atoms with Gasteiger partial charge in [0, 0.05) is 6.54 Å². The van der Waals surface area contributed by atoms with Crippen LogP contribution in [0.15, 0.2) is 0 Å². The average Bonchev–Trinajstić information content (AvgIpc) is 3.12. The zero-order valence-electron chi connectivity index (χ0n) is 20.1. The van der Waals surface area contributed by atoms with Crippen molar-refractivity contribution in [3.8, 4) is 0 Å². The lowest BCUT2D eigenvalue weighted by Crippen LogP contribution is -2.56. The minimum atomic E-state index is -0.834. The summed E-state index contributed by atoms with van der Waals surface area (Å²) in [5, 5.41) is 5.49. The number of hydrogen-bond donors (Lipinski definition) is 2. The molecule has 1 saturated heterocycles. The molecule has 0 saturated carbocycles. The van der Waals surface area contributed by atoms with Crippen molar-refractivity contribution >= 4 is 23.9 Å². The first kappa shape index (κ1) is 26.7. The minimum Gasteiger partial charge on any atom is -0.467 e. The molecule has 1 aliphatic rings. The molecule has 0 aromatic heterocycles. The number of rotatable bonds is 8. The van der Waals surface area contributed by atoms with E-state index >= 15 is 0 Å². The van der Waals surface area contributed by atoms with Gasteiger partial charge in [0.2, 0.25) is 11.8 Å². The van der Waals surface area contributed by atoms with Crippen LogP contribution in [-0.4, -0.2) is 66.2 Å². The molecule has 2 N–H and O–H groups in total. The van der Waals surface area contributed by atoms with Crippen molar-refractivity contribution in [2.45, 2.75) is 91.5 Å². The second kappa shape index (κ2) is 11.3. The van der Waals surface area contributed by atoms with E-state index < -0.39 is 47.6 Å². The number of likely N-dealkylation sites (tertiary alicyclic amines) is 1. The molecule has 1 aliphatic heterocycles. The van der Waals surface area contributed by atoms with Gasteiger partial charge in [-0.15, -0.1) is 0 Å². The standard InChI is InChI=1S/C22H39N3O6/c1-13(2)12-15(18(26)24-17(14(3)4)20(28)30-8)23-19(27)16-10-9-11-25(16)21(29)31-22(5,6)7/h13-17H,9-12H2,1-8H3,(H,23,27)(H,24,26). The number of esters is 1. The lowest BCUT2D eigenvalue weighted by atomic mass is 10.00. The second-order valence-corrected chi connectivity index (χ2v) is 9.78. The predicted molar refractivity (Wildman–Crippen MR) is 116 cm³/mol. The van der Waals surface area contributed by atoms with E-state index in [1.165, 1.54) is 12.0 Å². The van der Waals surface area contributed by atoms with Crippen LogP contribution in [0.1, 0.15) is 67.7 Å². The molecule has 178 valence electrons. The second-order valence-electron chi connectivity index (χ2n) is 9.78. The summed E-state index contributed by atoms with van der Waals surface area (Å²) < 4.78 is 10.2. The fourth-order valence-corrected chi connectivity index (χ4v) is 3.43. The molecule has 0 spiro atoms. The molecule has 0 aromatic carbocycles. The third-order valence-corrected chi connectivity index (χ3v) is 4.94. The van der Waals surface area contributed by atoms with Crippen molar-refractivity contribution < 1.29 is 28.7 Å². The maximum Gasteiger partial charge on any atom is 0.410 e. The smallest absolute Gasteiger partial charge is 0.410 e. The highest BCUT2D eigenvalue weighted by Crippen LogP contribution is 2.21. The van der Waals surface area contributed by atoms with Gasteiger partial charge in [0.15, 0.2) is 0 Å². The molecule has 1 rings (SSSR count). The van der Waals surface area contributed by atoms with Crippen LogP contribution in [-0.2, 0) is 23.9 Å². The zero-order chi connectivity index (χ0) is 23.9. The Kier molecular flexibility index (Phi) is 9.77. The van der Waals surface area contributed by atoms with Gasteiger partial charge in [0.05, 0.1) is 7.11 Å². The third kappa shape index (κ3) is 8.38. The van der Waals surface area contributed by atoms with Crippen LogP contribution < -0.4 is 10.6 Å². The molecule has 0 aromatic rings. The highest BCUT2D eigenvalue weighted by molar-refractivity contribution is 5.93. The van der Waals surface area contributed by atoms with Gasteiger partial charge in [-0.25, -0.2) is 9.59 Å². The predicted octanol–water partition coefficient (Wildman–Crippen LogP) is 2.23. The van der Waals surface area contributed by atoms with E-state index in [2.05, 4.69) is 10.6 Å². The van der Waals surface area contributed by atoms with E-state index in [4.69, 9.17) is 9.47 Å². The van der Waals surface area contributed by atoms with Crippen molar-refractivity contribution in [2.24, 2.45) is 11.8 Å². The third-order valence-electron chi connectivity index (χ3n) is 4.94. The van der Waals surface area contributed by atoms with Crippen molar-refractivity contribution in [3.05, 3.63) is 0 Å². The highest BCUT2D eigenvalue weighted by atomic mass is 16.6. The van der Waals surface area contributed by atoms with Crippen LogP contribution in [0.25, 0.3) is 0 Å². The zero-order valence-corrected chi connectivity index (χ0v) is 20.1. The van der Waals surface area contributed by atoms with Gasteiger partial charge in [0.25, 0.3) is 0 Å². The van der Waals surface area contributed by atoms with Crippen molar-refractivity contribution in [3.63, 3.8) is 0 Å². The number of ether oxygens (including phenoxy) is 2. The lowest BCUT2D eigenvalue weighted by Gasteiger charge is -2.30. The van der Waals surface area contributed by atoms with Crippen LogP contribution in [0, 0.1) is 11.8 Å². The van der Waals surface area contributed by atoms with Crippen LogP contribution in [0.5, 0.6) is 0 Å². The fraction of sp³-hybridized carbons (Fsp3) is 0.818. The fourth-order valence-electron chi connectivity index (χ4n) is 3.43. The Bertz CT molecular complexity index is 656. The molecular weight excluding hydrogens is 402 g/mol. The number of nitrogens with one attached hydrogen (secondary N) is 2. The minimum absolute atomic E-state index is 0.122. The number of carbonyl (C=O) groups excluding carboxylic acids is 4. The topological polar surface area (TPSA) is 114 Å². The van der Waals surface area contributed by atoms with Gasteiger partial charge in [-0.05, 0) is 51.9 Å². The lowest BCUT2D eigenvalue weighted by molar-refractivity contribution is -0.146. The Morgan fingerprint density at radius 3 is 2.16 bits per heavy atom. The summed E-state index contributed by atoms with van der Waals surface area (Å²) in [4.78, 5) is 51.9. The molecule has 31 heavy (non-hydrogen) atoms. The summed E-state index contributed by atoms with van der Waals surface area (Å²) in [6, 6.07) is -2.34. The average molecular weight is 442 g/mol. The maximum absolute atomic E-state index is 13.0. The SMILES string of the molecule is COC(=O)C(NC(=O)C(CC(C)C)NC(=O)C1CCCN1C(=O)OC(C)(C)C)C(C)C. The van der Waals surface area contributed by atoms with E-state index in [0.717, 1.165) is 0 Å².